The lowest BCUT2D eigenvalue weighted by atomic mass is 10.0. The largest absolute Gasteiger partial charge is 0.481 e. The van der Waals surface area contributed by atoms with Crippen LogP contribution in [0.2, 0.25) is 0 Å². The van der Waals surface area contributed by atoms with Gasteiger partial charge in [0.05, 0.1) is 0 Å². The number of unbranched alkanes of at least 4 members (excludes halogenated alkanes) is 15. The summed E-state index contributed by atoms with van der Waals surface area (Å²) in [5.74, 6) is -0.655. The van der Waals surface area contributed by atoms with Crippen molar-refractivity contribution in [1.29, 1.82) is 0 Å². The molecule has 0 rings (SSSR count). The van der Waals surface area contributed by atoms with E-state index in [0.717, 1.165) is 12.8 Å². The molecular formula is C26H55NO2. The van der Waals surface area contributed by atoms with Crippen LogP contribution in [0.1, 0.15) is 143 Å². The molecule has 0 heterocycles. The van der Waals surface area contributed by atoms with Crippen molar-refractivity contribution in [2.75, 3.05) is 20.1 Å². The highest BCUT2D eigenvalue weighted by molar-refractivity contribution is 5.66. The molecule has 0 amide bonds. The lowest BCUT2D eigenvalue weighted by Gasteiger charge is -2.14. The van der Waals surface area contributed by atoms with Crippen LogP contribution in [0.25, 0.3) is 0 Å². The Morgan fingerprint density at radius 3 is 1.31 bits per heavy atom. The van der Waals surface area contributed by atoms with Crippen LogP contribution in [0.5, 0.6) is 0 Å². The third kappa shape index (κ3) is 32.3. The van der Waals surface area contributed by atoms with E-state index in [9.17, 15) is 4.79 Å². The number of carboxylic acid groups (broad SMARTS) is 1. The lowest BCUT2D eigenvalue weighted by Crippen LogP contribution is -2.20. The number of hydrogen-bond donors (Lipinski definition) is 1. The summed E-state index contributed by atoms with van der Waals surface area (Å²) in [6, 6.07) is 0. The van der Waals surface area contributed by atoms with Crippen LogP contribution in [0, 0.1) is 0 Å². The van der Waals surface area contributed by atoms with Gasteiger partial charge in [0.15, 0.2) is 0 Å². The van der Waals surface area contributed by atoms with Gasteiger partial charge in [0, 0.05) is 6.42 Å². The van der Waals surface area contributed by atoms with Crippen molar-refractivity contribution in [3.8, 4) is 0 Å². The van der Waals surface area contributed by atoms with Gasteiger partial charge in [-0.25, -0.2) is 0 Å². The minimum atomic E-state index is -0.655. The summed E-state index contributed by atoms with van der Waals surface area (Å²) in [5, 5.41) is 8.49. The smallest absolute Gasteiger partial charge is 0.303 e. The standard InChI is InChI=1S/C16H32O2.C10H23N/c1-2-3-4-5-6-7-8-9-10-11-12-13-14-15-16(17)18;1-4-6-7-8-10-11(3)9-5-2/h2-15H2,1H3,(H,17,18);4-10H2,1-3H3. The molecule has 0 unspecified atom stereocenters. The van der Waals surface area contributed by atoms with Crippen LogP contribution >= 0.6 is 0 Å². The molecule has 0 atom stereocenters. The van der Waals surface area contributed by atoms with Crippen LogP contribution in [0.3, 0.4) is 0 Å². The average Bonchev–Trinajstić information content (AvgIpc) is 2.69. The third-order valence-electron chi connectivity index (χ3n) is 5.49. The lowest BCUT2D eigenvalue weighted by molar-refractivity contribution is -0.137. The van der Waals surface area contributed by atoms with Gasteiger partial charge in [-0.3, -0.25) is 4.79 Å². The number of hydrogen-bond acceptors (Lipinski definition) is 2. The molecule has 0 aromatic rings. The molecule has 0 aliphatic rings. The van der Waals surface area contributed by atoms with E-state index in [0.29, 0.717) is 6.42 Å². The van der Waals surface area contributed by atoms with E-state index < -0.39 is 5.97 Å². The molecule has 0 fully saturated rings. The molecule has 0 aliphatic carbocycles. The Labute approximate surface area is 184 Å². The van der Waals surface area contributed by atoms with Crippen LogP contribution in [-0.4, -0.2) is 36.1 Å². The van der Waals surface area contributed by atoms with Gasteiger partial charge >= 0.3 is 5.97 Å². The maximum atomic E-state index is 10.3. The molecule has 0 aromatic heterocycles. The SMILES string of the molecule is CCCCCCCCCCCCCCCC(=O)O.CCCCCCN(C)CCC. The van der Waals surface area contributed by atoms with Gasteiger partial charge in [-0.05, 0) is 39.4 Å². The molecule has 0 aromatic carbocycles. The normalized spacial score (nSPS) is 10.8. The predicted molar refractivity (Wildman–Crippen MR) is 130 cm³/mol. The third-order valence-corrected chi connectivity index (χ3v) is 5.49. The van der Waals surface area contributed by atoms with Crippen molar-refractivity contribution in [3.63, 3.8) is 0 Å². The Kier molecular flexibility index (Phi) is 29.0. The second kappa shape index (κ2) is 27.4. The molecular weight excluding hydrogens is 358 g/mol. The van der Waals surface area contributed by atoms with E-state index in [4.69, 9.17) is 5.11 Å². The van der Waals surface area contributed by atoms with E-state index >= 15 is 0 Å². The molecule has 0 bridgehead atoms. The molecule has 1 N–H and O–H groups in total. The van der Waals surface area contributed by atoms with Gasteiger partial charge in [-0.15, -0.1) is 0 Å². The maximum Gasteiger partial charge on any atom is 0.303 e. The van der Waals surface area contributed by atoms with Crippen molar-refractivity contribution >= 4 is 5.97 Å². The zero-order valence-electron chi connectivity index (χ0n) is 20.7. The Bertz CT molecular complexity index is 307. The minimum absolute atomic E-state index is 0.345. The number of aliphatic carboxylic acids is 1. The zero-order valence-corrected chi connectivity index (χ0v) is 20.7. The number of carboxylic acids is 1. The number of rotatable bonds is 21. The van der Waals surface area contributed by atoms with E-state index in [1.807, 2.05) is 0 Å². The van der Waals surface area contributed by atoms with Crippen molar-refractivity contribution in [3.05, 3.63) is 0 Å². The molecule has 3 heteroatoms. The highest BCUT2D eigenvalue weighted by atomic mass is 16.4. The van der Waals surface area contributed by atoms with E-state index in [-0.39, 0.29) is 0 Å². The van der Waals surface area contributed by atoms with Gasteiger partial charge in [0.25, 0.3) is 0 Å². The quantitative estimate of drug-likeness (QED) is 0.192. The first-order chi connectivity index (χ1) is 14.1. The maximum absolute atomic E-state index is 10.3. The molecule has 176 valence electrons. The summed E-state index contributed by atoms with van der Waals surface area (Å²) in [6.45, 7) is 9.30. The summed E-state index contributed by atoms with van der Waals surface area (Å²) in [6.07, 6.45) is 24.1. The topological polar surface area (TPSA) is 40.5 Å². The Balaban J connectivity index is 0. The van der Waals surface area contributed by atoms with Crippen molar-refractivity contribution < 1.29 is 9.90 Å². The number of carbonyl (C=O) groups is 1. The highest BCUT2D eigenvalue weighted by Crippen LogP contribution is 2.12. The monoisotopic (exact) mass is 413 g/mol. The van der Waals surface area contributed by atoms with Crippen molar-refractivity contribution in [1.82, 2.24) is 4.90 Å². The molecule has 0 spiro atoms. The molecule has 29 heavy (non-hydrogen) atoms. The first-order valence-corrected chi connectivity index (χ1v) is 13.0. The molecule has 0 saturated heterocycles. The van der Waals surface area contributed by atoms with E-state index in [1.165, 1.54) is 116 Å². The van der Waals surface area contributed by atoms with Crippen LogP contribution in [-0.2, 0) is 4.79 Å². The van der Waals surface area contributed by atoms with Gasteiger partial charge in [-0.1, -0.05) is 117 Å². The first kappa shape index (κ1) is 30.6. The van der Waals surface area contributed by atoms with Crippen molar-refractivity contribution in [2.24, 2.45) is 0 Å². The fourth-order valence-electron chi connectivity index (χ4n) is 3.60. The predicted octanol–water partition coefficient (Wildman–Crippen LogP) is 8.46. The second-order valence-electron chi connectivity index (χ2n) is 8.75. The summed E-state index contributed by atoms with van der Waals surface area (Å²) in [5.41, 5.74) is 0. The van der Waals surface area contributed by atoms with Gasteiger partial charge in [-0.2, -0.15) is 0 Å². The van der Waals surface area contributed by atoms with Crippen molar-refractivity contribution in [2.45, 2.75) is 143 Å². The minimum Gasteiger partial charge on any atom is -0.481 e. The first-order valence-electron chi connectivity index (χ1n) is 13.0. The van der Waals surface area contributed by atoms with Gasteiger partial charge < -0.3 is 10.0 Å². The Morgan fingerprint density at radius 2 is 0.931 bits per heavy atom. The Morgan fingerprint density at radius 1 is 0.552 bits per heavy atom. The fraction of sp³-hybridized carbons (Fsp3) is 0.962. The second-order valence-corrected chi connectivity index (χ2v) is 8.75. The van der Waals surface area contributed by atoms with Crippen LogP contribution in [0.15, 0.2) is 0 Å². The highest BCUT2D eigenvalue weighted by Gasteiger charge is 1.97. The zero-order chi connectivity index (χ0) is 22.0. The Hall–Kier alpha value is -0.570. The van der Waals surface area contributed by atoms with Crippen LogP contribution in [0.4, 0.5) is 0 Å². The fourth-order valence-corrected chi connectivity index (χ4v) is 3.60. The van der Waals surface area contributed by atoms with Gasteiger partial charge in [0.2, 0.25) is 0 Å². The summed E-state index contributed by atoms with van der Waals surface area (Å²) < 4.78 is 0. The van der Waals surface area contributed by atoms with Crippen LogP contribution < -0.4 is 0 Å². The summed E-state index contributed by atoms with van der Waals surface area (Å²) >= 11 is 0. The summed E-state index contributed by atoms with van der Waals surface area (Å²) in [4.78, 5) is 12.7. The summed E-state index contributed by atoms with van der Waals surface area (Å²) in [7, 11) is 2.22. The molecule has 0 saturated carbocycles. The molecule has 3 nitrogen and oxygen atoms in total. The van der Waals surface area contributed by atoms with Gasteiger partial charge in [0.1, 0.15) is 0 Å². The molecule has 0 aliphatic heterocycles. The van der Waals surface area contributed by atoms with E-state index in [2.05, 4.69) is 32.7 Å². The average molecular weight is 414 g/mol. The van der Waals surface area contributed by atoms with E-state index in [1.54, 1.807) is 0 Å². The number of nitrogens with zero attached hydrogens (tertiary/aromatic N) is 1. The molecule has 0 radical (unpaired) electrons.